The fraction of sp³-hybridized carbons (Fsp3) is 0.545. The zero-order valence-electron chi connectivity index (χ0n) is 18.2. The number of methoxy groups -OCH3 is 1. The zero-order valence-corrected chi connectivity index (χ0v) is 18.2. The van der Waals surface area contributed by atoms with E-state index in [9.17, 15) is 9.90 Å². The topological polar surface area (TPSA) is 99.9 Å². The summed E-state index contributed by atoms with van der Waals surface area (Å²) in [5.74, 6) is 1.21. The quantitative estimate of drug-likeness (QED) is 0.549. The number of allylic oxidation sites excluding steroid dienone is 3. The molecule has 162 valence electrons. The fourth-order valence-electron chi connectivity index (χ4n) is 3.88. The van der Waals surface area contributed by atoms with Crippen LogP contribution in [0.4, 0.5) is 11.6 Å². The number of hydrogen-bond donors (Lipinski definition) is 2. The van der Waals surface area contributed by atoms with E-state index in [1.807, 2.05) is 17.9 Å². The Morgan fingerprint density at radius 2 is 2.07 bits per heavy atom. The van der Waals surface area contributed by atoms with Gasteiger partial charge in [-0.15, -0.1) is 0 Å². The standard InChI is InChI=1S/C22H31N5O3/c1-14(6-11-18(23-4)22(2,3)29)17-12-24-20-21(26-17)27(19(28)13-25-20)15-7-9-16(30-5)10-8-15/h6,11-12,15-16,29H,4,7-10,13H2,1-3,5H3,(H,24,25)/b14-6+,18-11-/t15-,16-. The molecule has 3 rings (SSSR count). The van der Waals surface area contributed by atoms with E-state index in [1.54, 1.807) is 33.2 Å². The van der Waals surface area contributed by atoms with Crippen LogP contribution in [0.1, 0.15) is 52.1 Å². The third kappa shape index (κ3) is 4.76. The average Bonchev–Trinajstić information content (AvgIpc) is 2.72. The Morgan fingerprint density at radius 1 is 1.37 bits per heavy atom. The molecule has 30 heavy (non-hydrogen) atoms. The number of aromatic nitrogens is 2. The molecule has 0 atom stereocenters. The Labute approximate surface area is 177 Å². The molecule has 2 aliphatic rings. The van der Waals surface area contributed by atoms with Crippen molar-refractivity contribution in [3.63, 3.8) is 0 Å². The van der Waals surface area contributed by atoms with E-state index in [-0.39, 0.29) is 24.6 Å². The predicted octanol–water partition coefficient (Wildman–Crippen LogP) is 2.95. The second kappa shape index (κ2) is 9.06. The van der Waals surface area contributed by atoms with Gasteiger partial charge in [-0.3, -0.25) is 14.7 Å². The molecule has 0 bridgehead atoms. The third-order valence-corrected chi connectivity index (χ3v) is 5.69. The number of aliphatic hydroxyl groups is 1. The minimum Gasteiger partial charge on any atom is -0.384 e. The molecule has 1 saturated carbocycles. The van der Waals surface area contributed by atoms with Crippen molar-refractivity contribution >= 4 is 29.8 Å². The number of nitrogens with zero attached hydrogens (tertiary/aromatic N) is 4. The normalized spacial score (nSPS) is 23.1. The smallest absolute Gasteiger partial charge is 0.247 e. The van der Waals surface area contributed by atoms with Gasteiger partial charge in [-0.05, 0) is 64.8 Å². The summed E-state index contributed by atoms with van der Waals surface area (Å²) in [4.78, 5) is 27.7. The van der Waals surface area contributed by atoms with E-state index in [0.717, 1.165) is 31.3 Å². The molecular weight excluding hydrogens is 382 g/mol. The van der Waals surface area contributed by atoms with Gasteiger partial charge < -0.3 is 15.2 Å². The zero-order chi connectivity index (χ0) is 21.9. The lowest BCUT2D eigenvalue weighted by Gasteiger charge is -2.38. The maximum Gasteiger partial charge on any atom is 0.247 e. The van der Waals surface area contributed by atoms with Crippen LogP contribution in [0.15, 0.2) is 29.0 Å². The predicted molar refractivity (Wildman–Crippen MR) is 119 cm³/mol. The van der Waals surface area contributed by atoms with Gasteiger partial charge in [0.05, 0.1) is 30.2 Å². The first-order chi connectivity index (χ1) is 14.2. The number of fused-ring (bicyclic) bond motifs is 1. The molecule has 0 radical (unpaired) electrons. The van der Waals surface area contributed by atoms with Gasteiger partial charge in [0.15, 0.2) is 11.6 Å². The van der Waals surface area contributed by atoms with Crippen LogP contribution in [-0.4, -0.2) is 59.1 Å². The van der Waals surface area contributed by atoms with Crippen molar-refractivity contribution in [2.45, 2.75) is 64.2 Å². The molecule has 8 heteroatoms. The Hall–Kier alpha value is -2.58. The number of nitrogens with one attached hydrogen (secondary N) is 1. The molecule has 0 saturated heterocycles. The van der Waals surface area contributed by atoms with Gasteiger partial charge in [0.1, 0.15) is 5.60 Å². The van der Waals surface area contributed by atoms with Gasteiger partial charge in [-0.1, -0.05) is 6.08 Å². The number of carbonyl (C=O) groups excluding carboxylic acids is 1. The summed E-state index contributed by atoms with van der Waals surface area (Å²) >= 11 is 0. The minimum absolute atomic E-state index is 0.0107. The molecule has 8 nitrogen and oxygen atoms in total. The maximum atomic E-state index is 12.7. The SMILES string of the molecule is C=N/C(=C\C=C(/C)c1cnc2c(n1)N([C@H]1CC[C@H](OC)CC1)C(=O)CN2)C(C)(C)O. The molecule has 1 amide bonds. The highest BCUT2D eigenvalue weighted by Crippen LogP contribution is 2.34. The fourth-order valence-corrected chi connectivity index (χ4v) is 3.88. The number of carbonyl (C=O) groups is 1. The third-order valence-electron chi connectivity index (χ3n) is 5.69. The molecule has 0 unspecified atom stereocenters. The van der Waals surface area contributed by atoms with Crippen LogP contribution in [0.5, 0.6) is 0 Å². The summed E-state index contributed by atoms with van der Waals surface area (Å²) < 4.78 is 5.47. The molecule has 1 aromatic rings. The van der Waals surface area contributed by atoms with Crippen molar-refractivity contribution < 1.29 is 14.6 Å². The summed E-state index contributed by atoms with van der Waals surface area (Å²) in [5.41, 5.74) is 0.878. The van der Waals surface area contributed by atoms with Crippen LogP contribution >= 0.6 is 0 Å². The molecular formula is C22H31N5O3. The lowest BCUT2D eigenvalue weighted by molar-refractivity contribution is -0.118. The van der Waals surface area contributed by atoms with E-state index < -0.39 is 5.60 Å². The summed E-state index contributed by atoms with van der Waals surface area (Å²) in [7, 11) is 1.74. The van der Waals surface area contributed by atoms with E-state index in [0.29, 0.717) is 23.0 Å². The van der Waals surface area contributed by atoms with E-state index in [4.69, 9.17) is 9.72 Å². The first kappa shape index (κ1) is 22.1. The Morgan fingerprint density at radius 3 is 2.67 bits per heavy atom. The minimum atomic E-state index is -1.09. The second-order valence-electron chi connectivity index (χ2n) is 8.33. The van der Waals surface area contributed by atoms with Crippen molar-refractivity contribution in [1.29, 1.82) is 0 Å². The second-order valence-corrected chi connectivity index (χ2v) is 8.33. The van der Waals surface area contributed by atoms with Gasteiger partial charge in [-0.25, -0.2) is 9.97 Å². The molecule has 0 spiro atoms. The molecule has 1 fully saturated rings. The van der Waals surface area contributed by atoms with Gasteiger partial charge in [0, 0.05) is 13.2 Å². The van der Waals surface area contributed by atoms with E-state index >= 15 is 0 Å². The van der Waals surface area contributed by atoms with E-state index in [1.165, 1.54) is 0 Å². The summed E-state index contributed by atoms with van der Waals surface area (Å²) in [6, 6.07) is 0.102. The lowest BCUT2D eigenvalue weighted by atomic mass is 9.91. The molecule has 0 aromatic carbocycles. The van der Waals surface area contributed by atoms with Crippen LogP contribution in [0.2, 0.25) is 0 Å². The first-order valence-corrected chi connectivity index (χ1v) is 10.3. The Bertz CT molecular complexity index is 864. The number of rotatable bonds is 6. The highest BCUT2D eigenvalue weighted by atomic mass is 16.5. The molecule has 1 aliphatic carbocycles. The van der Waals surface area contributed by atoms with Gasteiger partial charge in [0.2, 0.25) is 5.91 Å². The average molecular weight is 414 g/mol. The van der Waals surface area contributed by atoms with Crippen LogP contribution in [0.25, 0.3) is 5.57 Å². The van der Waals surface area contributed by atoms with Crippen molar-refractivity contribution in [1.82, 2.24) is 9.97 Å². The van der Waals surface area contributed by atoms with Crippen LogP contribution < -0.4 is 10.2 Å². The number of ether oxygens (including phenoxy) is 1. The number of amides is 1. The summed E-state index contributed by atoms with van der Waals surface area (Å²) in [6.07, 6.45) is 9.11. The van der Waals surface area contributed by atoms with Gasteiger partial charge in [0.25, 0.3) is 0 Å². The Kier molecular flexibility index (Phi) is 6.67. The van der Waals surface area contributed by atoms with Gasteiger partial charge >= 0.3 is 0 Å². The summed E-state index contributed by atoms with van der Waals surface area (Å²) in [6.45, 7) is 8.96. The van der Waals surface area contributed by atoms with Crippen molar-refractivity contribution in [2.24, 2.45) is 4.99 Å². The van der Waals surface area contributed by atoms with Crippen LogP contribution in [0, 0.1) is 0 Å². The Balaban J connectivity index is 1.90. The largest absolute Gasteiger partial charge is 0.384 e. The number of anilines is 2. The van der Waals surface area contributed by atoms with Crippen molar-refractivity contribution in [3.05, 3.63) is 29.7 Å². The number of aliphatic imine (C=N–C) groups is 1. The van der Waals surface area contributed by atoms with Crippen LogP contribution in [0.3, 0.4) is 0 Å². The molecule has 1 aliphatic heterocycles. The van der Waals surface area contributed by atoms with Crippen molar-refractivity contribution in [2.75, 3.05) is 23.9 Å². The first-order valence-electron chi connectivity index (χ1n) is 10.3. The maximum absolute atomic E-state index is 12.7. The highest BCUT2D eigenvalue weighted by Gasteiger charge is 2.35. The van der Waals surface area contributed by atoms with Crippen LogP contribution in [-0.2, 0) is 9.53 Å². The van der Waals surface area contributed by atoms with Gasteiger partial charge in [-0.2, -0.15) is 0 Å². The van der Waals surface area contributed by atoms with Crippen molar-refractivity contribution in [3.8, 4) is 0 Å². The molecule has 1 aromatic heterocycles. The molecule has 2 heterocycles. The monoisotopic (exact) mass is 413 g/mol. The summed E-state index contributed by atoms with van der Waals surface area (Å²) in [5, 5.41) is 13.2. The number of hydrogen-bond acceptors (Lipinski definition) is 7. The lowest BCUT2D eigenvalue weighted by Crippen LogP contribution is -2.49. The van der Waals surface area contributed by atoms with E-state index in [2.05, 4.69) is 22.0 Å². The molecule has 2 N–H and O–H groups in total. The highest BCUT2D eigenvalue weighted by molar-refractivity contribution is 6.01.